The first-order valence-electron chi connectivity index (χ1n) is 10.5. The molecule has 0 unspecified atom stereocenters. The van der Waals surface area contributed by atoms with Crippen molar-refractivity contribution in [2.75, 3.05) is 0 Å². The summed E-state index contributed by atoms with van der Waals surface area (Å²) in [5.41, 5.74) is 6.86. The van der Waals surface area contributed by atoms with Gasteiger partial charge in [0, 0.05) is 0 Å². The van der Waals surface area contributed by atoms with Crippen LogP contribution in [0.5, 0.6) is 0 Å². The Hall–Kier alpha value is -3.06. The van der Waals surface area contributed by atoms with E-state index in [1.54, 1.807) is 0 Å². The first kappa shape index (κ1) is 19.3. The zero-order chi connectivity index (χ0) is 20.3. The quantitative estimate of drug-likeness (QED) is 0.465. The van der Waals surface area contributed by atoms with Crippen LogP contribution in [0.15, 0.2) is 115 Å². The minimum Gasteiger partial charge on any atom is -0.195 e. The number of hydrogen-bond acceptors (Lipinski definition) is 0. The second-order valence-corrected chi connectivity index (χ2v) is 8.97. The van der Waals surface area contributed by atoms with Crippen molar-refractivity contribution in [3.05, 3.63) is 121 Å². The van der Waals surface area contributed by atoms with Gasteiger partial charge in [-0.2, -0.15) is 21.9 Å². The van der Waals surface area contributed by atoms with Crippen molar-refractivity contribution in [2.24, 2.45) is 0 Å². The molecule has 0 spiro atoms. The lowest BCUT2D eigenvalue weighted by molar-refractivity contribution is 0.591. The Balaban J connectivity index is 2.12. The molecule has 0 heterocycles. The van der Waals surface area contributed by atoms with E-state index in [-0.39, 0.29) is 5.41 Å². The minimum absolute atomic E-state index is 0.0991. The van der Waals surface area contributed by atoms with Gasteiger partial charge in [0.05, 0.1) is 0 Å². The summed E-state index contributed by atoms with van der Waals surface area (Å²) in [6.07, 6.45) is -1.29. The van der Waals surface area contributed by atoms with Crippen LogP contribution in [-0.4, -0.2) is 6.15 Å². The normalized spacial score (nSPS) is 12.0. The summed E-state index contributed by atoms with van der Waals surface area (Å²) in [4.78, 5) is 0. The van der Waals surface area contributed by atoms with Gasteiger partial charge >= 0.3 is 0 Å². The molecule has 0 radical (unpaired) electrons. The standard InChI is InChI=1S/C28H28B/c1-28(2,3)23-14-13-21-27(22-23)29(24-15-7-4-8-16-24,25-17-9-5-10-18-25)26-19-11-6-12-20-26/h4-22H,1-3H3/q-1. The molecule has 0 aromatic heterocycles. The van der Waals surface area contributed by atoms with Gasteiger partial charge in [-0.15, -0.1) is 0 Å². The zero-order valence-electron chi connectivity index (χ0n) is 17.5. The van der Waals surface area contributed by atoms with E-state index in [1.165, 1.54) is 27.4 Å². The molecule has 4 aromatic rings. The summed E-state index contributed by atoms with van der Waals surface area (Å²) >= 11 is 0. The fourth-order valence-corrected chi connectivity index (χ4v) is 4.65. The average molecular weight is 375 g/mol. The highest BCUT2D eigenvalue weighted by molar-refractivity contribution is 7.19. The van der Waals surface area contributed by atoms with Gasteiger partial charge in [-0.05, 0) is 11.0 Å². The molecule has 0 saturated carbocycles. The minimum atomic E-state index is -1.29. The third-order valence-corrected chi connectivity index (χ3v) is 6.15. The van der Waals surface area contributed by atoms with Crippen LogP contribution in [0.2, 0.25) is 0 Å². The van der Waals surface area contributed by atoms with Crippen LogP contribution < -0.4 is 21.9 Å². The van der Waals surface area contributed by atoms with Crippen molar-refractivity contribution in [1.82, 2.24) is 0 Å². The van der Waals surface area contributed by atoms with Gasteiger partial charge < -0.3 is 0 Å². The Morgan fingerprint density at radius 3 is 1.21 bits per heavy atom. The van der Waals surface area contributed by atoms with Crippen LogP contribution in [0.4, 0.5) is 0 Å². The van der Waals surface area contributed by atoms with E-state index in [1.807, 2.05) is 0 Å². The molecule has 0 nitrogen and oxygen atoms in total. The highest BCUT2D eigenvalue weighted by Crippen LogP contribution is 2.22. The molecule has 144 valence electrons. The summed E-state index contributed by atoms with van der Waals surface area (Å²) in [7, 11) is 0. The first-order valence-corrected chi connectivity index (χ1v) is 10.5. The third kappa shape index (κ3) is 3.54. The van der Waals surface area contributed by atoms with Crippen molar-refractivity contribution in [3.63, 3.8) is 0 Å². The van der Waals surface area contributed by atoms with Gasteiger partial charge in [-0.25, -0.2) is 0 Å². The summed E-state index contributed by atoms with van der Waals surface area (Å²) in [5, 5.41) is 0. The Labute approximate surface area is 175 Å². The molecule has 0 fully saturated rings. The van der Waals surface area contributed by atoms with Crippen molar-refractivity contribution >= 4 is 28.0 Å². The van der Waals surface area contributed by atoms with Gasteiger partial charge in [0.25, 0.3) is 0 Å². The molecule has 0 atom stereocenters. The van der Waals surface area contributed by atoms with Gasteiger partial charge in [0.1, 0.15) is 6.15 Å². The molecule has 0 aliphatic heterocycles. The third-order valence-electron chi connectivity index (χ3n) is 6.15. The fourth-order valence-electron chi connectivity index (χ4n) is 4.65. The van der Waals surface area contributed by atoms with E-state index >= 15 is 0 Å². The lowest BCUT2D eigenvalue weighted by atomic mass is 9.13. The van der Waals surface area contributed by atoms with E-state index in [2.05, 4.69) is 136 Å². The number of benzene rings is 4. The number of hydrogen-bond donors (Lipinski definition) is 0. The summed E-state index contributed by atoms with van der Waals surface area (Å²) < 4.78 is 0. The maximum absolute atomic E-state index is 2.42. The van der Waals surface area contributed by atoms with E-state index in [4.69, 9.17) is 0 Å². The summed E-state index contributed by atoms with van der Waals surface area (Å²) in [6, 6.07) is 42.2. The molecule has 0 bridgehead atoms. The maximum atomic E-state index is 2.42. The van der Waals surface area contributed by atoms with Crippen LogP contribution in [-0.2, 0) is 5.41 Å². The van der Waals surface area contributed by atoms with Crippen LogP contribution >= 0.6 is 0 Å². The van der Waals surface area contributed by atoms with E-state index in [0.29, 0.717) is 0 Å². The monoisotopic (exact) mass is 375 g/mol. The fraction of sp³-hybridized carbons (Fsp3) is 0.143. The molecule has 0 aliphatic rings. The van der Waals surface area contributed by atoms with E-state index in [0.717, 1.165) is 0 Å². The molecule has 1 heteroatoms. The Morgan fingerprint density at radius 2 is 0.828 bits per heavy atom. The SMILES string of the molecule is CC(C)(C)c1cccc([B-](c2ccccc2)(c2ccccc2)c2ccccc2)c1. The highest BCUT2D eigenvalue weighted by atomic mass is 14.2. The smallest absolute Gasteiger partial charge is 0.108 e. The van der Waals surface area contributed by atoms with E-state index < -0.39 is 6.15 Å². The molecule has 0 saturated heterocycles. The van der Waals surface area contributed by atoms with Crippen LogP contribution in [0.1, 0.15) is 26.3 Å². The predicted molar refractivity (Wildman–Crippen MR) is 129 cm³/mol. The van der Waals surface area contributed by atoms with Crippen LogP contribution in [0.25, 0.3) is 0 Å². The first-order chi connectivity index (χ1) is 14.0. The van der Waals surface area contributed by atoms with Crippen molar-refractivity contribution in [2.45, 2.75) is 26.2 Å². The molecule has 0 N–H and O–H groups in total. The zero-order valence-corrected chi connectivity index (χ0v) is 17.5. The summed E-state index contributed by atoms with van der Waals surface area (Å²) in [6.45, 7) is 6.86. The maximum Gasteiger partial charge on any atom is 0.108 e. The largest absolute Gasteiger partial charge is 0.195 e. The number of rotatable bonds is 4. The Bertz CT molecular complexity index is 965. The molecule has 0 amide bonds. The van der Waals surface area contributed by atoms with Gasteiger partial charge in [-0.3, -0.25) is 0 Å². The lowest BCUT2D eigenvalue weighted by Crippen LogP contribution is -2.74. The van der Waals surface area contributed by atoms with Gasteiger partial charge in [0.2, 0.25) is 0 Å². The lowest BCUT2D eigenvalue weighted by Gasteiger charge is -2.44. The molecule has 29 heavy (non-hydrogen) atoms. The molecule has 4 rings (SSSR count). The van der Waals surface area contributed by atoms with E-state index in [9.17, 15) is 0 Å². The van der Waals surface area contributed by atoms with Gasteiger partial charge in [0.15, 0.2) is 0 Å². The van der Waals surface area contributed by atoms with Crippen molar-refractivity contribution in [1.29, 1.82) is 0 Å². The van der Waals surface area contributed by atoms with Crippen molar-refractivity contribution < 1.29 is 0 Å². The molecule has 0 aliphatic carbocycles. The van der Waals surface area contributed by atoms with Crippen LogP contribution in [0, 0.1) is 0 Å². The topological polar surface area (TPSA) is 0 Å². The predicted octanol–water partition coefficient (Wildman–Crippen LogP) is 4.36. The second kappa shape index (κ2) is 7.76. The second-order valence-electron chi connectivity index (χ2n) is 8.97. The average Bonchev–Trinajstić information content (AvgIpc) is 2.76. The van der Waals surface area contributed by atoms with Crippen molar-refractivity contribution in [3.8, 4) is 0 Å². The molecular weight excluding hydrogens is 347 g/mol. The molecule has 4 aromatic carbocycles. The highest BCUT2D eigenvalue weighted by Gasteiger charge is 2.32. The Morgan fingerprint density at radius 1 is 0.448 bits per heavy atom. The van der Waals surface area contributed by atoms with Crippen LogP contribution in [0.3, 0.4) is 0 Å². The van der Waals surface area contributed by atoms with Gasteiger partial charge in [-0.1, -0.05) is 136 Å². The summed E-state index contributed by atoms with van der Waals surface area (Å²) in [5.74, 6) is 0. The Kier molecular flexibility index (Phi) is 5.15. The molecular formula is C28H28B-.